The number of carbonyl (C=O) groups excluding carboxylic acids is 1. The highest BCUT2D eigenvalue weighted by Gasteiger charge is 2.31. The van der Waals surface area contributed by atoms with Crippen LogP contribution in [0, 0.1) is 0 Å². The predicted molar refractivity (Wildman–Crippen MR) is 96.7 cm³/mol. The minimum atomic E-state index is -0.116. The Labute approximate surface area is 150 Å². The molecule has 1 aromatic heterocycles. The molecule has 1 atom stereocenters. The molecule has 0 bridgehead atoms. The molecule has 126 valence electrons. The monoisotopic (exact) mass is 353 g/mol. The van der Waals surface area contributed by atoms with Crippen LogP contribution < -0.4 is 10.1 Å². The number of hydrogen-bond acceptors (Lipinski definition) is 3. The maximum absolute atomic E-state index is 12.3. The number of anilines is 1. The van der Waals surface area contributed by atoms with Gasteiger partial charge in [-0.1, -0.05) is 29.8 Å². The minimum Gasteiger partial charge on any atom is -0.497 e. The van der Waals surface area contributed by atoms with Crippen LogP contribution in [0.2, 0.25) is 5.02 Å². The summed E-state index contributed by atoms with van der Waals surface area (Å²) in [5.41, 5.74) is 2.70. The van der Waals surface area contributed by atoms with Gasteiger partial charge in [0.2, 0.25) is 5.91 Å². The van der Waals surface area contributed by atoms with Gasteiger partial charge < -0.3 is 10.1 Å². The van der Waals surface area contributed by atoms with E-state index in [0.717, 1.165) is 22.7 Å². The van der Waals surface area contributed by atoms with E-state index in [4.69, 9.17) is 16.3 Å². The van der Waals surface area contributed by atoms with Gasteiger partial charge in [-0.15, -0.1) is 0 Å². The smallest absolute Gasteiger partial charge is 0.226 e. The van der Waals surface area contributed by atoms with Crippen LogP contribution in [0.3, 0.4) is 0 Å². The zero-order chi connectivity index (χ0) is 17.4. The van der Waals surface area contributed by atoms with E-state index in [1.54, 1.807) is 13.4 Å². The predicted octanol–water partition coefficient (Wildman–Crippen LogP) is 4.01. The molecule has 2 aromatic carbocycles. The third-order valence-corrected chi connectivity index (χ3v) is 4.59. The number of halogens is 1. The Morgan fingerprint density at radius 1 is 1.24 bits per heavy atom. The molecule has 6 heteroatoms. The zero-order valence-corrected chi connectivity index (χ0v) is 14.3. The van der Waals surface area contributed by atoms with Gasteiger partial charge >= 0.3 is 0 Å². The number of imidazole rings is 1. The van der Waals surface area contributed by atoms with Gasteiger partial charge in [0.15, 0.2) is 0 Å². The second-order valence-corrected chi connectivity index (χ2v) is 6.35. The number of nitrogens with one attached hydrogen (secondary N) is 1. The van der Waals surface area contributed by atoms with Crippen LogP contribution in [0.15, 0.2) is 54.9 Å². The van der Waals surface area contributed by atoms with E-state index in [0.29, 0.717) is 17.3 Å². The Morgan fingerprint density at radius 2 is 2.08 bits per heavy atom. The fraction of sp³-hybridized carbons (Fsp3) is 0.158. The van der Waals surface area contributed by atoms with Crippen LogP contribution in [-0.2, 0) is 4.79 Å². The van der Waals surface area contributed by atoms with E-state index >= 15 is 0 Å². The van der Waals surface area contributed by atoms with Gasteiger partial charge in [-0.3, -0.25) is 9.36 Å². The molecule has 2 heterocycles. The SMILES string of the molecule is COc1cccc(-n2cnc3c2NC(=O)C[C@H]3c2cccc(Cl)c2)c1. The van der Waals surface area contributed by atoms with Crippen LogP contribution in [0.25, 0.3) is 5.69 Å². The highest BCUT2D eigenvalue weighted by atomic mass is 35.5. The third kappa shape index (κ3) is 2.87. The summed E-state index contributed by atoms with van der Waals surface area (Å²) in [5, 5.41) is 3.60. The van der Waals surface area contributed by atoms with Gasteiger partial charge in [-0.25, -0.2) is 4.98 Å². The van der Waals surface area contributed by atoms with Crippen LogP contribution in [0.5, 0.6) is 5.75 Å². The molecule has 5 nitrogen and oxygen atoms in total. The first-order valence-corrected chi connectivity index (χ1v) is 8.30. The molecular formula is C19H16ClN3O2. The van der Waals surface area contributed by atoms with Crippen LogP contribution in [-0.4, -0.2) is 22.6 Å². The molecular weight excluding hydrogens is 338 g/mol. The fourth-order valence-electron chi connectivity index (χ4n) is 3.16. The lowest BCUT2D eigenvalue weighted by Crippen LogP contribution is -2.24. The van der Waals surface area contributed by atoms with Gasteiger partial charge in [0.25, 0.3) is 0 Å². The maximum Gasteiger partial charge on any atom is 0.226 e. The lowest BCUT2D eigenvalue weighted by atomic mass is 9.90. The first-order valence-electron chi connectivity index (χ1n) is 7.92. The lowest BCUT2D eigenvalue weighted by molar-refractivity contribution is -0.116. The van der Waals surface area contributed by atoms with Crippen molar-refractivity contribution in [3.63, 3.8) is 0 Å². The molecule has 1 N–H and O–H groups in total. The van der Waals surface area contributed by atoms with Gasteiger partial charge in [-0.2, -0.15) is 0 Å². The molecule has 0 fully saturated rings. The summed E-state index contributed by atoms with van der Waals surface area (Å²) in [6, 6.07) is 15.2. The largest absolute Gasteiger partial charge is 0.497 e. The number of carbonyl (C=O) groups is 1. The average Bonchev–Trinajstić information content (AvgIpc) is 3.04. The van der Waals surface area contributed by atoms with Crippen molar-refractivity contribution in [1.29, 1.82) is 0 Å². The molecule has 1 aliphatic heterocycles. The molecule has 4 rings (SSSR count). The first kappa shape index (κ1) is 15.7. The van der Waals surface area contributed by atoms with Crippen LogP contribution in [0.1, 0.15) is 23.6 Å². The Kier molecular flexibility index (Phi) is 3.93. The van der Waals surface area contributed by atoms with Gasteiger partial charge in [0.1, 0.15) is 17.9 Å². The summed E-state index contributed by atoms with van der Waals surface area (Å²) in [6.45, 7) is 0. The number of methoxy groups -OCH3 is 1. The standard InChI is InChI=1S/C19H16ClN3O2/c1-25-15-7-3-6-14(9-15)23-11-21-18-16(10-17(24)22-19(18)23)12-4-2-5-13(20)8-12/h2-9,11,16H,10H2,1H3,(H,22,24)/t16-/m0/s1. The summed E-state index contributed by atoms with van der Waals surface area (Å²) < 4.78 is 7.15. The zero-order valence-electron chi connectivity index (χ0n) is 13.6. The van der Waals surface area contributed by atoms with Gasteiger partial charge in [-0.05, 0) is 29.8 Å². The summed E-state index contributed by atoms with van der Waals surface area (Å²) in [5.74, 6) is 1.28. The summed E-state index contributed by atoms with van der Waals surface area (Å²) >= 11 is 6.12. The molecule has 3 aromatic rings. The summed E-state index contributed by atoms with van der Waals surface area (Å²) in [4.78, 5) is 16.9. The van der Waals surface area contributed by atoms with Crippen molar-refractivity contribution in [3.05, 3.63) is 71.1 Å². The van der Waals surface area contributed by atoms with E-state index in [-0.39, 0.29) is 11.8 Å². The van der Waals surface area contributed by atoms with E-state index in [1.807, 2.05) is 53.1 Å². The number of ether oxygens (including phenoxy) is 1. The minimum absolute atomic E-state index is 0.0397. The molecule has 25 heavy (non-hydrogen) atoms. The second kappa shape index (κ2) is 6.26. The van der Waals surface area contributed by atoms with E-state index < -0.39 is 0 Å². The molecule has 0 saturated heterocycles. The summed E-state index contributed by atoms with van der Waals surface area (Å²) in [6.07, 6.45) is 2.07. The molecule has 0 unspecified atom stereocenters. The van der Waals surface area contributed by atoms with E-state index in [9.17, 15) is 4.79 Å². The van der Waals surface area contributed by atoms with E-state index in [1.165, 1.54) is 0 Å². The number of aromatic nitrogens is 2. The van der Waals surface area contributed by atoms with Crippen molar-refractivity contribution >= 4 is 23.3 Å². The van der Waals surface area contributed by atoms with Crippen molar-refractivity contribution in [2.45, 2.75) is 12.3 Å². The number of fused-ring (bicyclic) bond motifs is 1. The Hall–Kier alpha value is -2.79. The van der Waals surface area contributed by atoms with Gasteiger partial charge in [0.05, 0.1) is 18.5 Å². The van der Waals surface area contributed by atoms with E-state index in [2.05, 4.69) is 10.3 Å². The molecule has 1 aliphatic rings. The van der Waals surface area contributed by atoms with Crippen molar-refractivity contribution in [1.82, 2.24) is 9.55 Å². The Bertz CT molecular complexity index is 951. The average molecular weight is 354 g/mol. The fourth-order valence-corrected chi connectivity index (χ4v) is 3.36. The van der Waals surface area contributed by atoms with Crippen molar-refractivity contribution in [2.24, 2.45) is 0 Å². The Balaban J connectivity index is 1.81. The van der Waals surface area contributed by atoms with Gasteiger partial charge in [0, 0.05) is 23.4 Å². The lowest BCUT2D eigenvalue weighted by Gasteiger charge is -2.23. The second-order valence-electron chi connectivity index (χ2n) is 5.91. The molecule has 1 amide bonds. The quantitative estimate of drug-likeness (QED) is 0.774. The first-order chi connectivity index (χ1) is 12.2. The van der Waals surface area contributed by atoms with Crippen molar-refractivity contribution in [3.8, 4) is 11.4 Å². The summed E-state index contributed by atoms with van der Waals surface area (Å²) in [7, 11) is 1.62. The highest BCUT2D eigenvalue weighted by molar-refractivity contribution is 6.30. The number of nitrogens with zero attached hydrogens (tertiary/aromatic N) is 2. The molecule has 0 spiro atoms. The number of amides is 1. The topological polar surface area (TPSA) is 56.1 Å². The molecule has 0 saturated carbocycles. The number of rotatable bonds is 3. The highest BCUT2D eigenvalue weighted by Crippen LogP contribution is 2.38. The normalized spacial score (nSPS) is 16.2. The number of hydrogen-bond donors (Lipinski definition) is 1. The van der Waals surface area contributed by atoms with Crippen LogP contribution in [0.4, 0.5) is 5.82 Å². The Morgan fingerprint density at radius 3 is 2.88 bits per heavy atom. The molecule has 0 aliphatic carbocycles. The van der Waals surface area contributed by atoms with Crippen molar-refractivity contribution in [2.75, 3.05) is 12.4 Å². The third-order valence-electron chi connectivity index (χ3n) is 4.36. The molecule has 0 radical (unpaired) electrons. The van der Waals surface area contributed by atoms with Crippen LogP contribution >= 0.6 is 11.6 Å². The number of benzene rings is 2. The maximum atomic E-state index is 12.3. The van der Waals surface area contributed by atoms with Crippen molar-refractivity contribution < 1.29 is 9.53 Å².